The van der Waals surface area contributed by atoms with Crippen molar-refractivity contribution in [1.82, 2.24) is 14.9 Å². The Labute approximate surface area is 250 Å². The van der Waals surface area contributed by atoms with Gasteiger partial charge in [-0.15, -0.1) is 0 Å². The van der Waals surface area contributed by atoms with E-state index in [0.717, 1.165) is 74.1 Å². The third-order valence-corrected chi connectivity index (χ3v) is 7.99. The van der Waals surface area contributed by atoms with E-state index >= 15 is 4.39 Å². The Morgan fingerprint density at radius 1 is 0.977 bits per heavy atom. The zero-order valence-corrected chi connectivity index (χ0v) is 23.8. The topological polar surface area (TPSA) is 81.6 Å². The number of aliphatic carboxylic acids is 1. The van der Waals surface area contributed by atoms with Crippen LogP contribution in [0.5, 0.6) is 0 Å². The molecule has 1 aromatic heterocycles. The first kappa shape index (κ1) is 31.6. The lowest BCUT2D eigenvalue weighted by Crippen LogP contribution is -2.38. The molecule has 1 atom stereocenters. The predicted molar refractivity (Wildman–Crippen MR) is 152 cm³/mol. The molecule has 3 heterocycles. The van der Waals surface area contributed by atoms with Crippen molar-refractivity contribution in [3.63, 3.8) is 0 Å². The first-order chi connectivity index (χ1) is 21.0. The molecular formula is C31H33F6N5O2. The van der Waals surface area contributed by atoms with Crippen molar-refractivity contribution in [3.05, 3.63) is 82.7 Å². The van der Waals surface area contributed by atoms with Crippen molar-refractivity contribution >= 4 is 17.6 Å². The molecule has 3 aliphatic rings. The largest absolute Gasteiger partial charge is 0.490 e. The van der Waals surface area contributed by atoms with Crippen molar-refractivity contribution in [1.29, 1.82) is 0 Å². The minimum atomic E-state index is -5.08. The monoisotopic (exact) mass is 621 g/mol. The van der Waals surface area contributed by atoms with Gasteiger partial charge in [-0.1, -0.05) is 36.4 Å². The van der Waals surface area contributed by atoms with Crippen LogP contribution in [0.4, 0.5) is 38.0 Å². The van der Waals surface area contributed by atoms with E-state index in [9.17, 15) is 22.0 Å². The van der Waals surface area contributed by atoms with Gasteiger partial charge in [0.15, 0.2) is 11.6 Å². The Hall–Kier alpha value is -3.87. The molecule has 1 saturated carbocycles. The number of carboxylic acid groups (broad SMARTS) is 1. The molecule has 236 valence electrons. The molecule has 0 amide bonds. The van der Waals surface area contributed by atoms with Gasteiger partial charge in [-0.2, -0.15) is 13.2 Å². The van der Waals surface area contributed by atoms with Crippen LogP contribution in [-0.4, -0.2) is 57.8 Å². The summed E-state index contributed by atoms with van der Waals surface area (Å²) in [5.74, 6) is -2.90. The maximum atomic E-state index is 15.2. The van der Waals surface area contributed by atoms with Crippen LogP contribution in [0.15, 0.2) is 48.5 Å². The molecule has 2 aliphatic heterocycles. The molecule has 0 spiro atoms. The average Bonchev–Trinajstić information content (AvgIpc) is 3.81. The molecule has 1 unspecified atom stereocenters. The first-order valence-corrected chi connectivity index (χ1v) is 14.5. The van der Waals surface area contributed by atoms with Crippen molar-refractivity contribution < 1.29 is 36.2 Å². The van der Waals surface area contributed by atoms with E-state index in [0.29, 0.717) is 32.0 Å². The van der Waals surface area contributed by atoms with Gasteiger partial charge in [0, 0.05) is 56.8 Å². The molecule has 2 aromatic carbocycles. The fourth-order valence-electron chi connectivity index (χ4n) is 5.47. The third kappa shape index (κ3) is 7.99. The highest BCUT2D eigenvalue weighted by molar-refractivity contribution is 5.73. The number of hydrogen-bond donors (Lipinski definition) is 2. The SMILES string of the molecule is Fc1ccc(C(F)C2CCN(c3nc4c(nc3NC3CC3)CCN(Cc3ccccc3)C4)CC2)c(F)c1.O=C(O)C(F)(F)F. The summed E-state index contributed by atoms with van der Waals surface area (Å²) in [7, 11) is 0. The number of piperidine rings is 1. The molecule has 1 aliphatic carbocycles. The highest BCUT2D eigenvalue weighted by Gasteiger charge is 2.38. The molecule has 6 rings (SSSR count). The van der Waals surface area contributed by atoms with E-state index in [1.54, 1.807) is 0 Å². The van der Waals surface area contributed by atoms with E-state index < -0.39 is 30.0 Å². The molecular weight excluding hydrogens is 588 g/mol. The number of halogens is 6. The first-order valence-electron chi connectivity index (χ1n) is 14.5. The summed E-state index contributed by atoms with van der Waals surface area (Å²) in [4.78, 5) is 23.6. The second kappa shape index (κ2) is 13.4. The maximum Gasteiger partial charge on any atom is 0.490 e. The van der Waals surface area contributed by atoms with Gasteiger partial charge in [-0.3, -0.25) is 4.90 Å². The zero-order valence-electron chi connectivity index (χ0n) is 23.8. The molecule has 2 N–H and O–H groups in total. The van der Waals surface area contributed by atoms with Crippen LogP contribution in [0, 0.1) is 17.6 Å². The van der Waals surface area contributed by atoms with Crippen LogP contribution in [0.1, 0.15) is 54.4 Å². The van der Waals surface area contributed by atoms with E-state index in [-0.39, 0.29) is 11.5 Å². The molecule has 13 heteroatoms. The van der Waals surface area contributed by atoms with Gasteiger partial charge < -0.3 is 15.3 Å². The fraction of sp³-hybridized carbons (Fsp3) is 0.452. The minimum Gasteiger partial charge on any atom is -0.475 e. The van der Waals surface area contributed by atoms with Gasteiger partial charge in [-0.25, -0.2) is 27.9 Å². The standard InChI is InChI=1S/C29H32F3N5.C2HF3O2/c30-21-6-9-23(24(31)16-21)27(32)20-10-14-37(15-11-20)29-28(33-22-7-8-22)34-25-12-13-36(18-26(25)35-29)17-19-4-2-1-3-5-19;3-2(4,5)1(6)7/h1-6,9,16,20,22,27H,7-8,10-15,17-18H2,(H,33,34);(H,6,7). The molecule has 7 nitrogen and oxygen atoms in total. The smallest absolute Gasteiger partial charge is 0.475 e. The summed E-state index contributed by atoms with van der Waals surface area (Å²) in [6.07, 6.45) is -2.26. The van der Waals surface area contributed by atoms with Gasteiger partial charge >= 0.3 is 12.1 Å². The number of nitrogens with one attached hydrogen (secondary N) is 1. The molecule has 2 fully saturated rings. The number of benzene rings is 2. The lowest BCUT2D eigenvalue weighted by Gasteiger charge is -2.36. The van der Waals surface area contributed by atoms with Crippen molar-refractivity contribution in [2.24, 2.45) is 5.92 Å². The molecule has 0 radical (unpaired) electrons. The van der Waals surface area contributed by atoms with Crippen LogP contribution in [0.3, 0.4) is 0 Å². The summed E-state index contributed by atoms with van der Waals surface area (Å²) in [5.41, 5.74) is 3.30. The van der Waals surface area contributed by atoms with Crippen molar-refractivity contribution in [2.45, 2.75) is 63.6 Å². The Morgan fingerprint density at radius 2 is 1.66 bits per heavy atom. The van der Waals surface area contributed by atoms with E-state index in [1.807, 2.05) is 6.07 Å². The number of fused-ring (bicyclic) bond motifs is 1. The van der Waals surface area contributed by atoms with Gasteiger partial charge in [-0.05, 0) is 43.2 Å². The van der Waals surface area contributed by atoms with Crippen molar-refractivity contribution in [3.8, 4) is 0 Å². The van der Waals surface area contributed by atoms with Gasteiger partial charge in [0.1, 0.15) is 17.8 Å². The van der Waals surface area contributed by atoms with Crippen LogP contribution < -0.4 is 10.2 Å². The molecule has 3 aromatic rings. The third-order valence-electron chi connectivity index (χ3n) is 7.99. The predicted octanol–water partition coefficient (Wildman–Crippen LogP) is 6.45. The van der Waals surface area contributed by atoms with E-state index in [4.69, 9.17) is 19.9 Å². The number of aromatic nitrogens is 2. The van der Waals surface area contributed by atoms with Crippen LogP contribution in [0.25, 0.3) is 0 Å². The second-order valence-electron chi connectivity index (χ2n) is 11.3. The highest BCUT2D eigenvalue weighted by Crippen LogP contribution is 2.38. The summed E-state index contributed by atoms with van der Waals surface area (Å²) in [6.45, 7) is 3.81. The number of carbonyl (C=O) groups is 1. The van der Waals surface area contributed by atoms with E-state index in [2.05, 4.69) is 39.4 Å². The number of rotatable bonds is 7. The Kier molecular flexibility index (Phi) is 9.62. The number of carboxylic acids is 1. The number of alkyl halides is 4. The minimum absolute atomic E-state index is 0.0528. The summed E-state index contributed by atoms with van der Waals surface area (Å²) < 4.78 is 74.4. The second-order valence-corrected chi connectivity index (χ2v) is 11.3. The van der Waals surface area contributed by atoms with E-state index in [1.165, 1.54) is 11.6 Å². The fourth-order valence-corrected chi connectivity index (χ4v) is 5.47. The zero-order chi connectivity index (χ0) is 31.4. The lowest BCUT2D eigenvalue weighted by atomic mass is 9.88. The van der Waals surface area contributed by atoms with Gasteiger partial charge in [0.25, 0.3) is 0 Å². The number of nitrogens with zero attached hydrogens (tertiary/aromatic N) is 4. The number of hydrogen-bond acceptors (Lipinski definition) is 6. The van der Waals surface area contributed by atoms with Crippen molar-refractivity contribution in [2.75, 3.05) is 29.9 Å². The van der Waals surface area contributed by atoms with Crippen LogP contribution in [0.2, 0.25) is 0 Å². The maximum absolute atomic E-state index is 15.2. The summed E-state index contributed by atoms with van der Waals surface area (Å²) in [6, 6.07) is 14.0. The molecule has 1 saturated heterocycles. The quantitative estimate of drug-likeness (QED) is 0.294. The van der Waals surface area contributed by atoms with Crippen LogP contribution >= 0.6 is 0 Å². The molecule has 44 heavy (non-hydrogen) atoms. The molecule has 0 bridgehead atoms. The normalized spacial score (nSPS) is 18.2. The van der Waals surface area contributed by atoms with Gasteiger partial charge in [0.05, 0.1) is 11.4 Å². The van der Waals surface area contributed by atoms with Gasteiger partial charge in [0.2, 0.25) is 0 Å². The Balaban J connectivity index is 0.000000493. The number of anilines is 2. The summed E-state index contributed by atoms with van der Waals surface area (Å²) >= 11 is 0. The summed E-state index contributed by atoms with van der Waals surface area (Å²) in [5, 5.41) is 10.7. The van der Waals surface area contributed by atoms with Crippen LogP contribution in [-0.2, 0) is 24.3 Å². The average molecular weight is 622 g/mol. The highest BCUT2D eigenvalue weighted by atomic mass is 19.4. The Morgan fingerprint density at radius 3 is 2.27 bits per heavy atom. The lowest BCUT2D eigenvalue weighted by molar-refractivity contribution is -0.192. The Bertz CT molecular complexity index is 1450.